The molecule has 1 aromatic carbocycles. The first kappa shape index (κ1) is 9.45. The molecule has 0 amide bonds. The maximum atomic E-state index is 5.74. The molecule has 0 unspecified atom stereocenters. The molecule has 1 aromatic heterocycles. The Balaban J connectivity index is 2.48. The van der Waals surface area contributed by atoms with E-state index >= 15 is 0 Å². The summed E-state index contributed by atoms with van der Waals surface area (Å²) in [5.74, 6) is 0.590. The van der Waals surface area contributed by atoms with Crippen molar-refractivity contribution in [2.24, 2.45) is 0 Å². The van der Waals surface area contributed by atoms with E-state index in [2.05, 4.69) is 27.6 Å². The minimum absolute atomic E-state index is 0.590. The summed E-state index contributed by atoms with van der Waals surface area (Å²) in [5.41, 5.74) is 7.75. The first-order valence-electron chi connectivity index (χ1n) is 4.25. The monoisotopic (exact) mass is 296 g/mol. The molecule has 0 aliphatic heterocycles. The zero-order valence-corrected chi connectivity index (χ0v) is 9.60. The van der Waals surface area contributed by atoms with Crippen molar-refractivity contribution >= 4 is 28.4 Å². The molecule has 2 N–H and O–H groups in total. The summed E-state index contributed by atoms with van der Waals surface area (Å²) in [6, 6.07) is 14.0. The van der Waals surface area contributed by atoms with Gasteiger partial charge in [0, 0.05) is 5.56 Å². The van der Waals surface area contributed by atoms with Crippen molar-refractivity contribution in [3.05, 3.63) is 46.0 Å². The molecular formula is C11H9IN2. The Hall–Kier alpha value is -1.10. The predicted molar refractivity (Wildman–Crippen MR) is 66.8 cm³/mol. The number of benzene rings is 1. The molecule has 1 heterocycles. The van der Waals surface area contributed by atoms with Gasteiger partial charge in [0.2, 0.25) is 0 Å². The van der Waals surface area contributed by atoms with Crippen LogP contribution in [0.15, 0.2) is 42.5 Å². The molecule has 14 heavy (non-hydrogen) atoms. The fourth-order valence-corrected chi connectivity index (χ4v) is 1.53. The summed E-state index contributed by atoms with van der Waals surface area (Å²) in [6.07, 6.45) is 0. The predicted octanol–water partition coefficient (Wildman–Crippen LogP) is 2.94. The lowest BCUT2D eigenvalue weighted by Crippen LogP contribution is -1.95. The number of nitrogens with two attached hydrogens (primary N) is 1. The average Bonchev–Trinajstić information content (AvgIpc) is 2.23. The fourth-order valence-electron chi connectivity index (χ4n) is 1.23. The van der Waals surface area contributed by atoms with Crippen LogP contribution < -0.4 is 5.73 Å². The van der Waals surface area contributed by atoms with Gasteiger partial charge in [-0.1, -0.05) is 30.3 Å². The van der Waals surface area contributed by atoms with Crippen LogP contribution in [0, 0.1) is 3.57 Å². The highest BCUT2D eigenvalue weighted by Crippen LogP contribution is 2.20. The Morgan fingerprint density at radius 1 is 1.00 bits per heavy atom. The van der Waals surface area contributed by atoms with Gasteiger partial charge in [0.05, 0.1) is 9.26 Å². The summed E-state index contributed by atoms with van der Waals surface area (Å²) in [7, 11) is 0. The third-order valence-corrected chi connectivity index (χ3v) is 2.85. The van der Waals surface area contributed by atoms with Gasteiger partial charge in [-0.3, -0.25) is 0 Å². The Morgan fingerprint density at radius 2 is 1.71 bits per heavy atom. The Kier molecular flexibility index (Phi) is 2.67. The van der Waals surface area contributed by atoms with Crippen LogP contribution in [0.25, 0.3) is 11.3 Å². The summed E-state index contributed by atoms with van der Waals surface area (Å²) in [6.45, 7) is 0. The van der Waals surface area contributed by atoms with Gasteiger partial charge >= 0.3 is 0 Å². The van der Waals surface area contributed by atoms with E-state index in [0.29, 0.717) is 5.82 Å². The molecule has 0 atom stereocenters. The van der Waals surface area contributed by atoms with Crippen molar-refractivity contribution in [1.82, 2.24) is 4.98 Å². The molecule has 70 valence electrons. The first-order chi connectivity index (χ1) is 6.77. The third kappa shape index (κ3) is 1.87. The highest BCUT2D eigenvalue weighted by Gasteiger charge is 2.01. The van der Waals surface area contributed by atoms with Gasteiger partial charge in [-0.05, 0) is 34.7 Å². The van der Waals surface area contributed by atoms with Crippen LogP contribution in [-0.4, -0.2) is 4.98 Å². The molecular weight excluding hydrogens is 287 g/mol. The van der Waals surface area contributed by atoms with Crippen molar-refractivity contribution in [1.29, 1.82) is 0 Å². The second-order valence-electron chi connectivity index (χ2n) is 2.93. The van der Waals surface area contributed by atoms with Crippen molar-refractivity contribution in [3.8, 4) is 11.3 Å². The van der Waals surface area contributed by atoms with Crippen LogP contribution in [-0.2, 0) is 0 Å². The minimum Gasteiger partial charge on any atom is -0.383 e. The van der Waals surface area contributed by atoms with Crippen molar-refractivity contribution in [3.63, 3.8) is 0 Å². The molecule has 3 heteroatoms. The van der Waals surface area contributed by atoms with Gasteiger partial charge in [0.1, 0.15) is 5.82 Å². The van der Waals surface area contributed by atoms with Crippen LogP contribution in [0.5, 0.6) is 0 Å². The van der Waals surface area contributed by atoms with Crippen LogP contribution in [0.4, 0.5) is 5.82 Å². The standard InChI is InChI=1S/C11H9IN2/c12-9-6-7-10(14-11(9)13)8-4-2-1-3-5-8/h1-7H,(H2,13,14). The normalized spacial score (nSPS) is 10.1. The largest absolute Gasteiger partial charge is 0.383 e. The third-order valence-electron chi connectivity index (χ3n) is 1.94. The number of nitrogens with zero attached hydrogens (tertiary/aromatic N) is 1. The number of hydrogen-bond donors (Lipinski definition) is 1. The van der Waals surface area contributed by atoms with E-state index in [1.807, 2.05) is 42.5 Å². The van der Waals surface area contributed by atoms with Gasteiger partial charge in [-0.2, -0.15) is 0 Å². The van der Waals surface area contributed by atoms with Gasteiger partial charge in [0.15, 0.2) is 0 Å². The van der Waals surface area contributed by atoms with Gasteiger partial charge in [-0.25, -0.2) is 4.98 Å². The molecule has 0 fully saturated rings. The molecule has 0 radical (unpaired) electrons. The van der Waals surface area contributed by atoms with E-state index in [4.69, 9.17) is 5.73 Å². The van der Waals surface area contributed by atoms with E-state index in [-0.39, 0.29) is 0 Å². The molecule has 0 saturated carbocycles. The lowest BCUT2D eigenvalue weighted by atomic mass is 10.1. The smallest absolute Gasteiger partial charge is 0.137 e. The maximum absolute atomic E-state index is 5.74. The number of nitrogen functional groups attached to an aromatic ring is 1. The zero-order chi connectivity index (χ0) is 9.97. The topological polar surface area (TPSA) is 38.9 Å². The van der Waals surface area contributed by atoms with Crippen LogP contribution in [0.3, 0.4) is 0 Å². The molecule has 0 spiro atoms. The van der Waals surface area contributed by atoms with E-state index in [0.717, 1.165) is 14.8 Å². The number of pyridine rings is 1. The molecule has 2 aromatic rings. The minimum atomic E-state index is 0.590. The number of halogens is 1. The number of hydrogen-bond acceptors (Lipinski definition) is 2. The van der Waals surface area contributed by atoms with Crippen molar-refractivity contribution in [2.45, 2.75) is 0 Å². The zero-order valence-electron chi connectivity index (χ0n) is 7.44. The first-order valence-corrected chi connectivity index (χ1v) is 5.32. The average molecular weight is 296 g/mol. The highest BCUT2D eigenvalue weighted by molar-refractivity contribution is 14.1. The Labute approximate surface area is 96.3 Å². The molecule has 2 rings (SSSR count). The quantitative estimate of drug-likeness (QED) is 0.822. The Bertz CT molecular complexity index is 440. The van der Waals surface area contributed by atoms with E-state index < -0.39 is 0 Å². The van der Waals surface area contributed by atoms with E-state index in [1.165, 1.54) is 0 Å². The number of anilines is 1. The maximum Gasteiger partial charge on any atom is 0.137 e. The number of rotatable bonds is 1. The van der Waals surface area contributed by atoms with Crippen molar-refractivity contribution in [2.75, 3.05) is 5.73 Å². The molecule has 0 bridgehead atoms. The molecule has 0 aliphatic carbocycles. The van der Waals surface area contributed by atoms with Crippen LogP contribution in [0.1, 0.15) is 0 Å². The van der Waals surface area contributed by atoms with E-state index in [9.17, 15) is 0 Å². The lowest BCUT2D eigenvalue weighted by Gasteiger charge is -2.02. The highest BCUT2D eigenvalue weighted by atomic mass is 127. The summed E-state index contributed by atoms with van der Waals surface area (Å²) < 4.78 is 0.988. The summed E-state index contributed by atoms with van der Waals surface area (Å²) >= 11 is 2.17. The van der Waals surface area contributed by atoms with Crippen LogP contribution in [0.2, 0.25) is 0 Å². The van der Waals surface area contributed by atoms with Gasteiger partial charge in [0.25, 0.3) is 0 Å². The van der Waals surface area contributed by atoms with Gasteiger partial charge in [-0.15, -0.1) is 0 Å². The number of aromatic nitrogens is 1. The second kappa shape index (κ2) is 3.96. The van der Waals surface area contributed by atoms with Crippen molar-refractivity contribution < 1.29 is 0 Å². The second-order valence-corrected chi connectivity index (χ2v) is 4.09. The summed E-state index contributed by atoms with van der Waals surface area (Å²) in [5, 5.41) is 0. The molecule has 2 nitrogen and oxygen atoms in total. The van der Waals surface area contributed by atoms with Gasteiger partial charge < -0.3 is 5.73 Å². The molecule has 0 aliphatic rings. The lowest BCUT2D eigenvalue weighted by molar-refractivity contribution is 1.31. The summed E-state index contributed by atoms with van der Waals surface area (Å²) in [4.78, 5) is 4.31. The SMILES string of the molecule is Nc1nc(-c2ccccc2)ccc1I. The molecule has 0 saturated heterocycles. The van der Waals surface area contributed by atoms with E-state index in [1.54, 1.807) is 0 Å². The Morgan fingerprint density at radius 3 is 2.36 bits per heavy atom. The van der Waals surface area contributed by atoms with Crippen LogP contribution >= 0.6 is 22.6 Å². The fraction of sp³-hybridized carbons (Fsp3) is 0.